The average molecular weight is 358 g/mol. The van der Waals surface area contributed by atoms with Crippen LogP contribution in [-0.2, 0) is 10.2 Å². The molecule has 0 spiro atoms. The van der Waals surface area contributed by atoms with Gasteiger partial charge < -0.3 is 14.8 Å². The Bertz CT molecular complexity index is 795. The smallest absolute Gasteiger partial charge is 0.273 e. The third-order valence-electron chi connectivity index (χ3n) is 3.75. The Morgan fingerprint density at radius 1 is 1.12 bits per heavy atom. The first-order chi connectivity index (χ1) is 12.2. The molecule has 0 aromatic heterocycles. The van der Waals surface area contributed by atoms with E-state index >= 15 is 0 Å². The summed E-state index contributed by atoms with van der Waals surface area (Å²) in [5, 5.41) is 13.6. The van der Waals surface area contributed by atoms with Gasteiger partial charge >= 0.3 is 0 Å². The molecule has 2 rings (SSSR count). The van der Waals surface area contributed by atoms with E-state index in [1.807, 2.05) is 24.3 Å². The third-order valence-corrected chi connectivity index (χ3v) is 3.75. The topological polar surface area (TPSA) is 90.7 Å². The number of methoxy groups -OCH3 is 1. The van der Waals surface area contributed by atoms with E-state index < -0.39 is 4.92 Å². The number of amides is 1. The Labute approximate surface area is 152 Å². The summed E-state index contributed by atoms with van der Waals surface area (Å²) in [5.41, 5.74) is 1.70. The quantitative estimate of drug-likeness (QED) is 0.624. The molecule has 2 aromatic carbocycles. The van der Waals surface area contributed by atoms with E-state index in [2.05, 4.69) is 26.1 Å². The highest BCUT2D eigenvalue weighted by atomic mass is 16.6. The second-order valence-electron chi connectivity index (χ2n) is 6.76. The van der Waals surface area contributed by atoms with Gasteiger partial charge in [0.25, 0.3) is 11.6 Å². The van der Waals surface area contributed by atoms with Crippen LogP contribution in [0.1, 0.15) is 26.3 Å². The van der Waals surface area contributed by atoms with Crippen LogP contribution in [0.2, 0.25) is 0 Å². The van der Waals surface area contributed by atoms with Crippen LogP contribution in [0.15, 0.2) is 42.5 Å². The van der Waals surface area contributed by atoms with Crippen molar-refractivity contribution in [2.45, 2.75) is 26.2 Å². The van der Waals surface area contributed by atoms with Crippen molar-refractivity contribution in [2.75, 3.05) is 19.0 Å². The Morgan fingerprint density at radius 2 is 1.77 bits per heavy atom. The maximum Gasteiger partial charge on any atom is 0.273 e. The molecule has 2 aromatic rings. The molecule has 1 N–H and O–H groups in total. The molecule has 26 heavy (non-hydrogen) atoms. The minimum Gasteiger partial charge on any atom is -0.493 e. The zero-order chi connectivity index (χ0) is 19.3. The number of rotatable bonds is 6. The van der Waals surface area contributed by atoms with Crippen LogP contribution in [0.4, 0.5) is 11.4 Å². The minimum absolute atomic E-state index is 0.0320. The zero-order valence-electron chi connectivity index (χ0n) is 15.2. The second kappa shape index (κ2) is 7.86. The van der Waals surface area contributed by atoms with Crippen molar-refractivity contribution in [3.05, 3.63) is 58.1 Å². The number of carbonyl (C=O) groups is 1. The molecule has 0 aliphatic rings. The van der Waals surface area contributed by atoms with Gasteiger partial charge in [0.1, 0.15) is 0 Å². The fourth-order valence-electron chi connectivity index (χ4n) is 2.29. The largest absolute Gasteiger partial charge is 0.493 e. The molecule has 7 nitrogen and oxygen atoms in total. The molecule has 0 radical (unpaired) electrons. The Kier molecular flexibility index (Phi) is 5.82. The van der Waals surface area contributed by atoms with E-state index in [1.54, 1.807) is 0 Å². The second-order valence-corrected chi connectivity index (χ2v) is 6.76. The van der Waals surface area contributed by atoms with Crippen LogP contribution < -0.4 is 14.8 Å². The first-order valence-electron chi connectivity index (χ1n) is 8.06. The van der Waals surface area contributed by atoms with Crippen LogP contribution in [0.25, 0.3) is 0 Å². The Morgan fingerprint density at radius 3 is 2.31 bits per heavy atom. The number of non-ortho nitro benzene ring substituents is 1. The van der Waals surface area contributed by atoms with Crippen molar-refractivity contribution in [3.8, 4) is 11.5 Å². The lowest BCUT2D eigenvalue weighted by atomic mass is 9.87. The van der Waals surface area contributed by atoms with Gasteiger partial charge in [0.05, 0.1) is 18.1 Å². The number of nitrogens with zero attached hydrogens (tertiary/aromatic N) is 1. The number of ether oxygens (including phenoxy) is 2. The Balaban J connectivity index is 2.00. The van der Waals surface area contributed by atoms with E-state index in [0.29, 0.717) is 11.4 Å². The number of hydrogen-bond acceptors (Lipinski definition) is 5. The van der Waals surface area contributed by atoms with Gasteiger partial charge in [0, 0.05) is 11.8 Å². The van der Waals surface area contributed by atoms with Crippen molar-refractivity contribution in [2.24, 2.45) is 0 Å². The summed E-state index contributed by atoms with van der Waals surface area (Å²) >= 11 is 0. The predicted molar refractivity (Wildman–Crippen MR) is 98.9 cm³/mol. The first-order valence-corrected chi connectivity index (χ1v) is 8.06. The molecule has 0 heterocycles. The van der Waals surface area contributed by atoms with Crippen LogP contribution >= 0.6 is 0 Å². The summed E-state index contributed by atoms with van der Waals surface area (Å²) in [7, 11) is 1.42. The van der Waals surface area contributed by atoms with Crippen LogP contribution in [0.3, 0.4) is 0 Å². The van der Waals surface area contributed by atoms with E-state index in [9.17, 15) is 14.9 Å². The van der Waals surface area contributed by atoms with Gasteiger partial charge in [-0.2, -0.15) is 0 Å². The molecule has 7 heteroatoms. The summed E-state index contributed by atoms with van der Waals surface area (Å²) < 4.78 is 10.5. The van der Waals surface area contributed by atoms with Crippen molar-refractivity contribution >= 4 is 17.3 Å². The van der Waals surface area contributed by atoms with Crippen LogP contribution in [0, 0.1) is 10.1 Å². The van der Waals surface area contributed by atoms with Gasteiger partial charge in [-0.05, 0) is 29.2 Å². The third kappa shape index (κ3) is 4.95. The number of anilines is 1. The highest BCUT2D eigenvalue weighted by Crippen LogP contribution is 2.31. The van der Waals surface area contributed by atoms with Crippen molar-refractivity contribution in [3.63, 3.8) is 0 Å². The lowest BCUT2D eigenvalue weighted by Gasteiger charge is -2.19. The molecule has 0 aliphatic carbocycles. The lowest BCUT2D eigenvalue weighted by Crippen LogP contribution is -2.20. The molecule has 138 valence electrons. The number of nitro groups is 1. The van der Waals surface area contributed by atoms with E-state index in [0.717, 1.165) is 5.56 Å². The summed E-state index contributed by atoms with van der Waals surface area (Å²) in [5.74, 6) is 0.0833. The van der Waals surface area contributed by atoms with Crippen molar-refractivity contribution < 1.29 is 19.2 Å². The number of hydrogen-bond donors (Lipinski definition) is 1. The van der Waals surface area contributed by atoms with E-state index in [4.69, 9.17) is 9.47 Å². The molecule has 0 atom stereocenters. The van der Waals surface area contributed by atoms with Gasteiger partial charge in [-0.3, -0.25) is 14.9 Å². The molecular formula is C19H22N2O5. The minimum atomic E-state index is -0.539. The maximum atomic E-state index is 12.1. The van der Waals surface area contributed by atoms with E-state index in [1.165, 1.54) is 25.3 Å². The van der Waals surface area contributed by atoms with Gasteiger partial charge in [0.15, 0.2) is 18.1 Å². The standard InChI is InChI=1S/C19H22N2O5/c1-19(2,3)13-5-7-14(8-6-13)20-18(22)12-26-17-11-15(21(23)24)9-10-16(17)25-4/h5-11H,12H2,1-4H3,(H,20,22). The summed E-state index contributed by atoms with van der Waals surface area (Å²) in [6.07, 6.45) is 0. The molecule has 0 saturated heterocycles. The molecule has 1 amide bonds. The average Bonchev–Trinajstić information content (AvgIpc) is 2.59. The summed E-state index contributed by atoms with van der Waals surface area (Å²) in [4.78, 5) is 22.4. The highest BCUT2D eigenvalue weighted by Gasteiger charge is 2.15. The first kappa shape index (κ1) is 19.2. The fourth-order valence-corrected chi connectivity index (χ4v) is 2.29. The van der Waals surface area contributed by atoms with Crippen LogP contribution in [-0.4, -0.2) is 24.5 Å². The summed E-state index contributed by atoms with van der Waals surface area (Å²) in [6.45, 7) is 6.04. The molecule has 0 unspecified atom stereocenters. The zero-order valence-corrected chi connectivity index (χ0v) is 15.2. The monoisotopic (exact) mass is 358 g/mol. The predicted octanol–water partition coefficient (Wildman–Crippen LogP) is 3.92. The maximum absolute atomic E-state index is 12.1. The molecular weight excluding hydrogens is 336 g/mol. The number of nitro benzene ring substituents is 1. The van der Waals surface area contributed by atoms with Crippen molar-refractivity contribution in [1.82, 2.24) is 0 Å². The normalized spacial score (nSPS) is 10.9. The Hall–Kier alpha value is -3.09. The summed E-state index contributed by atoms with van der Waals surface area (Å²) in [6, 6.07) is 11.5. The molecule has 0 fully saturated rings. The van der Waals surface area contributed by atoms with Gasteiger partial charge in [-0.25, -0.2) is 0 Å². The number of nitrogens with one attached hydrogen (secondary N) is 1. The van der Waals surface area contributed by atoms with Gasteiger partial charge in [-0.1, -0.05) is 32.9 Å². The number of carbonyl (C=O) groups excluding carboxylic acids is 1. The highest BCUT2D eigenvalue weighted by molar-refractivity contribution is 5.91. The van der Waals surface area contributed by atoms with Gasteiger partial charge in [0.2, 0.25) is 0 Å². The van der Waals surface area contributed by atoms with Crippen molar-refractivity contribution in [1.29, 1.82) is 0 Å². The molecule has 0 aliphatic heterocycles. The van der Waals surface area contributed by atoms with E-state index in [-0.39, 0.29) is 29.4 Å². The molecule has 0 bridgehead atoms. The SMILES string of the molecule is COc1ccc([N+](=O)[O-])cc1OCC(=O)Nc1ccc(C(C)(C)C)cc1. The van der Waals surface area contributed by atoms with Crippen LogP contribution in [0.5, 0.6) is 11.5 Å². The van der Waals surface area contributed by atoms with Gasteiger partial charge in [-0.15, -0.1) is 0 Å². The lowest BCUT2D eigenvalue weighted by molar-refractivity contribution is -0.385. The fraction of sp³-hybridized carbons (Fsp3) is 0.316. The molecule has 0 saturated carbocycles. The number of benzene rings is 2.